The molecule has 1 aliphatic heterocycles. The highest BCUT2D eigenvalue weighted by Crippen LogP contribution is 2.40. The molecule has 1 atom stereocenters. The molecular formula is C12H15NOS. The van der Waals surface area contributed by atoms with Crippen LogP contribution in [0.1, 0.15) is 13.8 Å². The molecular weight excluding hydrogens is 206 g/mol. The minimum atomic E-state index is 0.0601. The van der Waals surface area contributed by atoms with Gasteiger partial charge in [0.25, 0.3) is 0 Å². The molecule has 0 spiro atoms. The number of hydrogen-bond acceptors (Lipinski definition) is 2. The van der Waals surface area contributed by atoms with E-state index in [9.17, 15) is 4.79 Å². The van der Waals surface area contributed by atoms with Gasteiger partial charge < -0.3 is 4.90 Å². The van der Waals surface area contributed by atoms with Gasteiger partial charge in [0, 0.05) is 11.9 Å². The summed E-state index contributed by atoms with van der Waals surface area (Å²) in [6.07, 6.45) is 0. The van der Waals surface area contributed by atoms with E-state index < -0.39 is 0 Å². The fourth-order valence-electron chi connectivity index (χ4n) is 1.75. The van der Waals surface area contributed by atoms with E-state index in [1.54, 1.807) is 16.7 Å². The molecule has 0 bridgehead atoms. The van der Waals surface area contributed by atoms with Crippen molar-refractivity contribution in [3.63, 3.8) is 0 Å². The maximum Gasteiger partial charge on any atom is 0.240 e. The second-order valence-corrected chi connectivity index (χ2v) is 5.33. The number of nitrogens with zero attached hydrogens (tertiary/aromatic N) is 1. The molecule has 1 heterocycles. The van der Waals surface area contributed by atoms with Gasteiger partial charge in [-0.3, -0.25) is 4.79 Å². The van der Waals surface area contributed by atoms with Crippen LogP contribution in [0.4, 0.5) is 5.69 Å². The smallest absolute Gasteiger partial charge is 0.240 e. The lowest BCUT2D eigenvalue weighted by atomic mass is 10.1. The van der Waals surface area contributed by atoms with E-state index >= 15 is 0 Å². The number of hydrogen-bond donors (Lipinski definition) is 0. The lowest BCUT2D eigenvalue weighted by Gasteiger charge is -2.32. The van der Waals surface area contributed by atoms with Crippen LogP contribution in [0.5, 0.6) is 0 Å². The molecule has 0 saturated heterocycles. The van der Waals surface area contributed by atoms with Gasteiger partial charge in [-0.1, -0.05) is 26.0 Å². The van der Waals surface area contributed by atoms with Crippen LogP contribution < -0.4 is 4.90 Å². The molecule has 0 aliphatic carbocycles. The number of rotatable bonds is 1. The van der Waals surface area contributed by atoms with Crippen LogP contribution in [-0.2, 0) is 4.79 Å². The number of anilines is 1. The SMILES string of the molecule is CC(C)C1Sc2ccccc2N(C)C1=O. The lowest BCUT2D eigenvalue weighted by Crippen LogP contribution is -2.40. The van der Waals surface area contributed by atoms with Crippen molar-refractivity contribution in [1.29, 1.82) is 0 Å². The fraction of sp³-hybridized carbons (Fsp3) is 0.417. The standard InChI is InChI=1S/C12H15NOS/c1-8(2)11-12(14)13(3)9-6-4-5-7-10(9)15-11/h4-8,11H,1-3H3. The first-order valence-corrected chi connectivity index (χ1v) is 6.02. The Kier molecular flexibility index (Phi) is 2.74. The van der Waals surface area contributed by atoms with Crippen molar-refractivity contribution in [3.8, 4) is 0 Å². The molecule has 0 aromatic heterocycles. The van der Waals surface area contributed by atoms with E-state index in [0.717, 1.165) is 5.69 Å². The molecule has 0 fully saturated rings. The highest BCUT2D eigenvalue weighted by atomic mass is 32.2. The van der Waals surface area contributed by atoms with Gasteiger partial charge in [0.15, 0.2) is 0 Å². The third-order valence-electron chi connectivity index (χ3n) is 2.66. The van der Waals surface area contributed by atoms with E-state index in [-0.39, 0.29) is 11.2 Å². The Morgan fingerprint density at radius 2 is 2.00 bits per heavy atom. The third-order valence-corrected chi connectivity index (χ3v) is 4.26. The summed E-state index contributed by atoms with van der Waals surface area (Å²) in [5.74, 6) is 0.590. The molecule has 15 heavy (non-hydrogen) atoms. The summed E-state index contributed by atoms with van der Waals surface area (Å²) < 4.78 is 0. The predicted octanol–water partition coefficient (Wildman–Crippen LogP) is 2.78. The largest absolute Gasteiger partial charge is 0.313 e. The number of thioether (sulfide) groups is 1. The Labute approximate surface area is 94.7 Å². The van der Waals surface area contributed by atoms with Gasteiger partial charge in [-0.2, -0.15) is 0 Å². The molecule has 0 saturated carbocycles. The zero-order chi connectivity index (χ0) is 11.0. The molecule has 80 valence electrons. The number of amides is 1. The second kappa shape index (κ2) is 3.89. The Bertz CT molecular complexity index is 389. The van der Waals surface area contributed by atoms with Crippen molar-refractivity contribution in [3.05, 3.63) is 24.3 Å². The quantitative estimate of drug-likeness (QED) is 0.726. The molecule has 1 unspecified atom stereocenters. The Balaban J connectivity index is 2.41. The van der Waals surface area contributed by atoms with E-state index in [2.05, 4.69) is 19.9 Å². The third kappa shape index (κ3) is 1.76. The summed E-state index contributed by atoms with van der Waals surface area (Å²) in [6.45, 7) is 4.19. The summed E-state index contributed by atoms with van der Waals surface area (Å²) in [5.41, 5.74) is 1.03. The maximum absolute atomic E-state index is 12.0. The van der Waals surface area contributed by atoms with Gasteiger partial charge in [-0.25, -0.2) is 0 Å². The minimum Gasteiger partial charge on any atom is -0.313 e. The molecule has 2 rings (SSSR count). The molecule has 2 nitrogen and oxygen atoms in total. The minimum absolute atomic E-state index is 0.0601. The van der Waals surface area contributed by atoms with Crippen LogP contribution in [0.25, 0.3) is 0 Å². The monoisotopic (exact) mass is 221 g/mol. The number of carbonyl (C=O) groups excluding carboxylic acids is 1. The molecule has 1 aromatic carbocycles. The Hall–Kier alpha value is -0.960. The van der Waals surface area contributed by atoms with E-state index in [0.29, 0.717) is 5.92 Å². The number of para-hydroxylation sites is 1. The van der Waals surface area contributed by atoms with Crippen LogP contribution in [0, 0.1) is 5.92 Å². The van der Waals surface area contributed by atoms with Crippen LogP contribution in [-0.4, -0.2) is 18.2 Å². The molecule has 1 aliphatic rings. The van der Waals surface area contributed by atoms with Crippen molar-refractivity contribution in [2.24, 2.45) is 5.92 Å². The first kappa shape index (κ1) is 10.6. The van der Waals surface area contributed by atoms with Crippen molar-refractivity contribution < 1.29 is 4.79 Å². The molecule has 0 radical (unpaired) electrons. The van der Waals surface area contributed by atoms with Crippen LogP contribution in [0.2, 0.25) is 0 Å². The van der Waals surface area contributed by atoms with Gasteiger partial charge in [0.1, 0.15) is 0 Å². The summed E-state index contributed by atoms with van der Waals surface area (Å²) in [7, 11) is 1.86. The molecule has 0 N–H and O–H groups in total. The van der Waals surface area contributed by atoms with Gasteiger partial charge >= 0.3 is 0 Å². The van der Waals surface area contributed by atoms with Gasteiger partial charge in [-0.15, -0.1) is 11.8 Å². The lowest BCUT2D eigenvalue weighted by molar-refractivity contribution is -0.118. The van der Waals surface area contributed by atoms with E-state index in [1.165, 1.54) is 4.90 Å². The van der Waals surface area contributed by atoms with Gasteiger partial charge in [-0.05, 0) is 18.1 Å². The number of carbonyl (C=O) groups is 1. The zero-order valence-corrected chi connectivity index (χ0v) is 10.0. The van der Waals surface area contributed by atoms with Gasteiger partial charge in [0.05, 0.1) is 10.9 Å². The highest BCUT2D eigenvalue weighted by molar-refractivity contribution is 8.01. The number of benzene rings is 1. The Morgan fingerprint density at radius 1 is 1.33 bits per heavy atom. The number of fused-ring (bicyclic) bond motifs is 1. The summed E-state index contributed by atoms with van der Waals surface area (Å²) in [5, 5.41) is 0.0601. The van der Waals surface area contributed by atoms with Crippen LogP contribution in [0.15, 0.2) is 29.2 Å². The maximum atomic E-state index is 12.0. The first-order valence-electron chi connectivity index (χ1n) is 5.14. The zero-order valence-electron chi connectivity index (χ0n) is 9.23. The van der Waals surface area contributed by atoms with Crippen molar-refractivity contribution in [2.45, 2.75) is 24.0 Å². The van der Waals surface area contributed by atoms with E-state index in [1.807, 2.05) is 25.2 Å². The average Bonchev–Trinajstić information content (AvgIpc) is 2.23. The highest BCUT2D eigenvalue weighted by Gasteiger charge is 2.32. The van der Waals surface area contributed by atoms with Crippen molar-refractivity contribution >= 4 is 23.4 Å². The van der Waals surface area contributed by atoms with Crippen LogP contribution in [0.3, 0.4) is 0 Å². The first-order chi connectivity index (χ1) is 7.11. The summed E-state index contributed by atoms with van der Waals surface area (Å²) in [6, 6.07) is 8.07. The topological polar surface area (TPSA) is 20.3 Å². The molecule has 1 amide bonds. The summed E-state index contributed by atoms with van der Waals surface area (Å²) >= 11 is 1.69. The molecule has 3 heteroatoms. The second-order valence-electron chi connectivity index (χ2n) is 4.15. The summed E-state index contributed by atoms with van der Waals surface area (Å²) in [4.78, 5) is 15.0. The van der Waals surface area contributed by atoms with Gasteiger partial charge in [0.2, 0.25) is 5.91 Å². The van der Waals surface area contributed by atoms with Crippen molar-refractivity contribution in [2.75, 3.05) is 11.9 Å². The molecule has 1 aromatic rings. The van der Waals surface area contributed by atoms with Crippen molar-refractivity contribution in [1.82, 2.24) is 0 Å². The Morgan fingerprint density at radius 3 is 2.67 bits per heavy atom. The average molecular weight is 221 g/mol. The van der Waals surface area contributed by atoms with E-state index in [4.69, 9.17) is 0 Å². The fourth-order valence-corrected chi connectivity index (χ4v) is 3.04. The predicted molar refractivity (Wildman–Crippen MR) is 64.3 cm³/mol. The van der Waals surface area contributed by atoms with Crippen LogP contribution >= 0.6 is 11.8 Å². The normalized spacial score (nSPS) is 20.7.